The summed E-state index contributed by atoms with van der Waals surface area (Å²) in [7, 11) is 1.50. The number of rotatable bonds is 10. The molecule has 0 saturated heterocycles. The van der Waals surface area contributed by atoms with Gasteiger partial charge in [-0.15, -0.1) is 11.8 Å². The van der Waals surface area contributed by atoms with Gasteiger partial charge >= 0.3 is 0 Å². The molecule has 0 spiro atoms. The average Bonchev–Trinajstić information content (AvgIpc) is 3.36. The largest absolute Gasteiger partial charge is 0.383 e. The number of hydrogen-bond donors (Lipinski definition) is 0. The number of nitriles is 1. The zero-order valence-corrected chi connectivity index (χ0v) is 22.6. The van der Waals surface area contributed by atoms with E-state index in [2.05, 4.69) is 19.1 Å². The number of para-hydroxylation sites is 1. The Morgan fingerprint density at radius 3 is 2.47 bits per heavy atom. The monoisotopic (exact) mass is 526 g/mol. The van der Waals surface area contributed by atoms with Crippen LogP contribution in [-0.2, 0) is 14.3 Å². The molecule has 0 N–H and O–H groups in total. The maximum Gasteiger partial charge on any atom is 0.271 e. The van der Waals surface area contributed by atoms with Crippen LogP contribution in [0, 0.1) is 11.3 Å². The van der Waals surface area contributed by atoms with Crippen LogP contribution in [0.25, 0.3) is 23.0 Å². The highest BCUT2D eigenvalue weighted by Gasteiger charge is 2.35. The molecule has 0 radical (unpaired) electrons. The van der Waals surface area contributed by atoms with Crippen molar-refractivity contribution in [3.8, 4) is 23.0 Å². The van der Waals surface area contributed by atoms with Gasteiger partial charge in [0.05, 0.1) is 24.5 Å². The molecule has 0 saturated carbocycles. The first-order chi connectivity index (χ1) is 18.5. The fourth-order valence-corrected chi connectivity index (χ4v) is 5.14. The Labute approximate surface area is 227 Å². The van der Waals surface area contributed by atoms with Gasteiger partial charge in [0.1, 0.15) is 11.6 Å². The number of nitrogens with zero attached hydrogens (tertiary/aromatic N) is 4. The summed E-state index contributed by atoms with van der Waals surface area (Å²) in [4.78, 5) is 28.5. The van der Waals surface area contributed by atoms with Crippen LogP contribution in [0.1, 0.15) is 32.3 Å². The van der Waals surface area contributed by atoms with Crippen LogP contribution >= 0.6 is 11.8 Å². The molecule has 0 fully saturated rings. The molecular formula is C30H30N4O3S. The van der Waals surface area contributed by atoms with E-state index >= 15 is 0 Å². The van der Waals surface area contributed by atoms with Crippen molar-refractivity contribution < 1.29 is 14.3 Å². The number of amides is 2. The summed E-state index contributed by atoms with van der Waals surface area (Å²) < 4.78 is 6.86. The van der Waals surface area contributed by atoms with Crippen molar-refractivity contribution in [3.05, 3.63) is 83.1 Å². The van der Waals surface area contributed by atoms with Gasteiger partial charge in [0.2, 0.25) is 0 Å². The van der Waals surface area contributed by atoms with Gasteiger partial charge in [0.25, 0.3) is 11.8 Å². The van der Waals surface area contributed by atoms with Crippen LogP contribution in [0.3, 0.4) is 0 Å². The molecule has 2 aromatic carbocycles. The third-order valence-electron chi connectivity index (χ3n) is 6.30. The van der Waals surface area contributed by atoms with Gasteiger partial charge in [-0.25, -0.2) is 4.68 Å². The van der Waals surface area contributed by atoms with Crippen molar-refractivity contribution in [3.63, 3.8) is 0 Å². The van der Waals surface area contributed by atoms with Crippen LogP contribution in [0.15, 0.2) is 82.4 Å². The Bertz CT molecular complexity index is 1420. The predicted octanol–water partition coefficient (Wildman–Crippen LogP) is 5.67. The van der Waals surface area contributed by atoms with E-state index < -0.39 is 11.8 Å². The first-order valence-corrected chi connectivity index (χ1v) is 13.5. The van der Waals surface area contributed by atoms with E-state index in [1.807, 2.05) is 66.5 Å². The summed E-state index contributed by atoms with van der Waals surface area (Å²) in [5, 5.41) is 14.6. The van der Waals surface area contributed by atoms with E-state index in [1.54, 1.807) is 17.7 Å². The molecular weight excluding hydrogens is 496 g/mol. The second kappa shape index (κ2) is 12.5. The first kappa shape index (κ1) is 27.1. The zero-order chi connectivity index (χ0) is 27.1. The topological polar surface area (TPSA) is 88.2 Å². The number of carbonyl (C=O) groups excluding carboxylic acids is 2. The number of hydrogen-bond acceptors (Lipinski definition) is 6. The Kier molecular flexibility index (Phi) is 8.95. The molecule has 1 aliphatic heterocycles. The molecule has 0 atom stereocenters. The van der Waals surface area contributed by atoms with Crippen molar-refractivity contribution in [2.24, 2.45) is 0 Å². The normalized spacial score (nSPS) is 14.9. The van der Waals surface area contributed by atoms with E-state index in [-0.39, 0.29) is 24.3 Å². The van der Waals surface area contributed by atoms with E-state index in [1.165, 1.54) is 18.4 Å². The van der Waals surface area contributed by atoms with Crippen LogP contribution < -0.4 is 0 Å². The van der Waals surface area contributed by atoms with Gasteiger partial charge in [0.15, 0.2) is 0 Å². The molecule has 4 rings (SSSR count). The second-order valence-electron chi connectivity index (χ2n) is 8.86. The van der Waals surface area contributed by atoms with Crippen LogP contribution in [0.2, 0.25) is 0 Å². The van der Waals surface area contributed by atoms with E-state index in [4.69, 9.17) is 9.84 Å². The zero-order valence-electron chi connectivity index (χ0n) is 21.8. The highest BCUT2D eigenvalue weighted by Crippen LogP contribution is 2.32. The molecule has 0 bridgehead atoms. The average molecular weight is 527 g/mol. The molecule has 7 nitrogen and oxygen atoms in total. The van der Waals surface area contributed by atoms with Crippen molar-refractivity contribution in [2.45, 2.75) is 31.6 Å². The molecule has 0 aliphatic carbocycles. The van der Waals surface area contributed by atoms with Gasteiger partial charge in [-0.05, 0) is 55.0 Å². The van der Waals surface area contributed by atoms with Gasteiger partial charge in [-0.1, -0.05) is 43.7 Å². The number of unbranched alkanes of at least 4 members (excludes halogenated alkanes) is 1. The SMILES string of the molecule is CCCCSc1ccc(-c2nn(-c3ccccc3)cc2/C=C2/C(=O)N(CCOC)C(=O)C(C#N)=C2C)cc1. The van der Waals surface area contributed by atoms with Crippen LogP contribution in [0.4, 0.5) is 0 Å². The van der Waals surface area contributed by atoms with Crippen molar-refractivity contribution in [1.82, 2.24) is 14.7 Å². The van der Waals surface area contributed by atoms with E-state index in [9.17, 15) is 14.9 Å². The number of thioether (sulfide) groups is 1. The van der Waals surface area contributed by atoms with Gasteiger partial charge in [0, 0.05) is 34.9 Å². The number of imide groups is 1. The van der Waals surface area contributed by atoms with Crippen molar-refractivity contribution >= 4 is 29.7 Å². The third kappa shape index (κ3) is 5.80. The third-order valence-corrected chi connectivity index (χ3v) is 7.40. The minimum absolute atomic E-state index is 0.0441. The Balaban J connectivity index is 1.81. The smallest absolute Gasteiger partial charge is 0.271 e. The lowest BCUT2D eigenvalue weighted by molar-refractivity contribution is -0.141. The fourth-order valence-electron chi connectivity index (χ4n) is 4.14. The van der Waals surface area contributed by atoms with Gasteiger partial charge < -0.3 is 4.74 Å². The summed E-state index contributed by atoms with van der Waals surface area (Å²) in [6.45, 7) is 4.07. The summed E-state index contributed by atoms with van der Waals surface area (Å²) in [6, 6.07) is 20.0. The van der Waals surface area contributed by atoms with Gasteiger partial charge in [-0.3, -0.25) is 14.5 Å². The van der Waals surface area contributed by atoms with Crippen LogP contribution in [0.5, 0.6) is 0 Å². The Morgan fingerprint density at radius 2 is 1.82 bits per heavy atom. The minimum Gasteiger partial charge on any atom is -0.383 e. The number of methoxy groups -OCH3 is 1. The Hall–Kier alpha value is -3.93. The van der Waals surface area contributed by atoms with E-state index in [0.717, 1.165) is 28.3 Å². The maximum absolute atomic E-state index is 13.4. The summed E-state index contributed by atoms with van der Waals surface area (Å²) >= 11 is 1.83. The number of aromatic nitrogens is 2. The Morgan fingerprint density at radius 1 is 1.08 bits per heavy atom. The molecule has 1 aliphatic rings. The maximum atomic E-state index is 13.4. The molecule has 0 unspecified atom stereocenters. The predicted molar refractivity (Wildman–Crippen MR) is 150 cm³/mol. The molecule has 2 amide bonds. The lowest BCUT2D eigenvalue weighted by Gasteiger charge is -2.27. The first-order valence-electron chi connectivity index (χ1n) is 12.5. The molecule has 1 aromatic heterocycles. The standard InChI is InChI=1S/C30H30N4O3S/c1-4-5-17-38-25-13-11-22(12-14-25)28-23(20-34(32-28)24-9-7-6-8-10-24)18-26-21(2)27(19-31)30(36)33(29(26)35)15-16-37-3/h6-14,18,20H,4-5,15-17H2,1-3H3/b26-18+. The lowest BCUT2D eigenvalue weighted by Crippen LogP contribution is -2.44. The number of ether oxygens (including phenoxy) is 1. The molecule has 194 valence electrons. The van der Waals surface area contributed by atoms with Crippen molar-refractivity contribution in [1.29, 1.82) is 5.26 Å². The quantitative estimate of drug-likeness (QED) is 0.146. The summed E-state index contributed by atoms with van der Waals surface area (Å²) in [5.74, 6) is 0.0217. The number of carbonyl (C=O) groups is 2. The molecule has 2 heterocycles. The second-order valence-corrected chi connectivity index (χ2v) is 10.0. The van der Waals surface area contributed by atoms with Crippen LogP contribution in [-0.4, -0.2) is 52.5 Å². The highest BCUT2D eigenvalue weighted by atomic mass is 32.2. The van der Waals surface area contributed by atoms with Gasteiger partial charge in [-0.2, -0.15) is 10.4 Å². The summed E-state index contributed by atoms with van der Waals surface area (Å²) in [5.41, 5.74) is 3.80. The van der Waals surface area contributed by atoms with E-state index in [0.29, 0.717) is 16.8 Å². The molecule has 38 heavy (non-hydrogen) atoms. The highest BCUT2D eigenvalue weighted by molar-refractivity contribution is 7.99. The van der Waals surface area contributed by atoms with Crippen molar-refractivity contribution in [2.75, 3.05) is 26.0 Å². The molecule has 8 heteroatoms. The fraction of sp³-hybridized carbons (Fsp3) is 0.267. The minimum atomic E-state index is -0.597. The lowest BCUT2D eigenvalue weighted by atomic mass is 9.93. The molecule has 3 aromatic rings. The number of benzene rings is 2. The summed E-state index contributed by atoms with van der Waals surface area (Å²) in [6.07, 6.45) is 5.92.